The highest BCUT2D eigenvalue weighted by Crippen LogP contribution is 2.16. The predicted molar refractivity (Wildman–Crippen MR) is 75.7 cm³/mol. The SMILES string of the molecule is CC(C)CC(CO)Nc1ccc2ccccc2n1. The van der Waals surface area contributed by atoms with Crippen LogP contribution in [0.15, 0.2) is 36.4 Å². The highest BCUT2D eigenvalue weighted by molar-refractivity contribution is 5.80. The largest absolute Gasteiger partial charge is 0.394 e. The number of aromatic nitrogens is 1. The van der Waals surface area contributed by atoms with Gasteiger partial charge in [-0.05, 0) is 30.5 Å². The van der Waals surface area contributed by atoms with E-state index in [9.17, 15) is 5.11 Å². The van der Waals surface area contributed by atoms with Crippen LogP contribution in [0.3, 0.4) is 0 Å². The molecule has 3 nitrogen and oxygen atoms in total. The van der Waals surface area contributed by atoms with E-state index in [2.05, 4.69) is 30.2 Å². The summed E-state index contributed by atoms with van der Waals surface area (Å²) in [4.78, 5) is 4.55. The summed E-state index contributed by atoms with van der Waals surface area (Å²) < 4.78 is 0. The Hall–Kier alpha value is -1.61. The van der Waals surface area contributed by atoms with E-state index in [0.717, 1.165) is 23.1 Å². The summed E-state index contributed by atoms with van der Waals surface area (Å²) in [5.41, 5.74) is 0.976. The first-order valence-electron chi connectivity index (χ1n) is 6.42. The van der Waals surface area contributed by atoms with Crippen molar-refractivity contribution in [3.63, 3.8) is 0 Å². The molecule has 0 saturated carbocycles. The molecule has 2 N–H and O–H groups in total. The molecule has 0 spiro atoms. The zero-order chi connectivity index (χ0) is 13.0. The van der Waals surface area contributed by atoms with Crippen LogP contribution in [-0.2, 0) is 0 Å². The van der Waals surface area contributed by atoms with E-state index < -0.39 is 0 Å². The third-order valence-corrected chi connectivity index (χ3v) is 2.93. The number of fused-ring (bicyclic) bond motifs is 1. The fourth-order valence-electron chi connectivity index (χ4n) is 2.10. The summed E-state index contributed by atoms with van der Waals surface area (Å²) in [5, 5.41) is 13.8. The molecule has 1 unspecified atom stereocenters. The van der Waals surface area contributed by atoms with Gasteiger partial charge in [0.2, 0.25) is 0 Å². The van der Waals surface area contributed by atoms with Crippen molar-refractivity contribution in [1.29, 1.82) is 0 Å². The average molecular weight is 244 g/mol. The molecular weight excluding hydrogens is 224 g/mol. The first-order chi connectivity index (χ1) is 8.69. The van der Waals surface area contributed by atoms with Crippen LogP contribution in [0.5, 0.6) is 0 Å². The van der Waals surface area contributed by atoms with Crippen LogP contribution in [-0.4, -0.2) is 22.7 Å². The summed E-state index contributed by atoms with van der Waals surface area (Å²) in [6, 6.07) is 12.1. The highest BCUT2D eigenvalue weighted by atomic mass is 16.3. The second-order valence-corrected chi connectivity index (χ2v) is 5.04. The number of nitrogens with zero attached hydrogens (tertiary/aromatic N) is 1. The van der Waals surface area contributed by atoms with Gasteiger partial charge in [-0.2, -0.15) is 0 Å². The maximum atomic E-state index is 9.36. The smallest absolute Gasteiger partial charge is 0.126 e. The molecule has 1 heterocycles. The summed E-state index contributed by atoms with van der Waals surface area (Å²) in [6.07, 6.45) is 0.936. The molecule has 1 aromatic carbocycles. The number of aliphatic hydroxyl groups excluding tert-OH is 1. The van der Waals surface area contributed by atoms with Crippen LogP contribution in [0.25, 0.3) is 10.9 Å². The van der Waals surface area contributed by atoms with Crippen LogP contribution >= 0.6 is 0 Å². The Morgan fingerprint density at radius 1 is 1.17 bits per heavy atom. The normalized spacial score (nSPS) is 12.9. The molecule has 96 valence electrons. The van der Waals surface area contributed by atoms with Gasteiger partial charge in [0, 0.05) is 5.39 Å². The molecule has 2 rings (SSSR count). The molecule has 0 aliphatic carbocycles. The Kier molecular flexibility index (Phi) is 4.15. The van der Waals surface area contributed by atoms with Crippen LogP contribution in [0, 0.1) is 5.92 Å². The first-order valence-corrected chi connectivity index (χ1v) is 6.42. The van der Waals surface area contributed by atoms with E-state index in [0.29, 0.717) is 5.92 Å². The topological polar surface area (TPSA) is 45.1 Å². The van der Waals surface area contributed by atoms with Crippen LogP contribution in [0.2, 0.25) is 0 Å². The van der Waals surface area contributed by atoms with Crippen molar-refractivity contribution in [3.05, 3.63) is 36.4 Å². The van der Waals surface area contributed by atoms with E-state index in [1.165, 1.54) is 0 Å². The molecule has 0 aliphatic heterocycles. The van der Waals surface area contributed by atoms with E-state index >= 15 is 0 Å². The molecule has 1 atom stereocenters. The Balaban J connectivity index is 2.15. The number of benzene rings is 1. The number of anilines is 1. The molecule has 2 aromatic rings. The van der Waals surface area contributed by atoms with Crippen molar-refractivity contribution >= 4 is 16.7 Å². The monoisotopic (exact) mass is 244 g/mol. The molecule has 0 fully saturated rings. The fraction of sp³-hybridized carbons (Fsp3) is 0.400. The second kappa shape index (κ2) is 5.83. The van der Waals surface area contributed by atoms with Gasteiger partial charge in [0.1, 0.15) is 5.82 Å². The van der Waals surface area contributed by atoms with Gasteiger partial charge in [0.15, 0.2) is 0 Å². The molecule has 1 aromatic heterocycles. The number of aliphatic hydroxyl groups is 1. The Morgan fingerprint density at radius 2 is 1.94 bits per heavy atom. The maximum Gasteiger partial charge on any atom is 0.126 e. The number of rotatable bonds is 5. The molecule has 0 saturated heterocycles. The number of nitrogens with one attached hydrogen (secondary N) is 1. The van der Waals surface area contributed by atoms with Gasteiger partial charge in [0.25, 0.3) is 0 Å². The lowest BCUT2D eigenvalue weighted by atomic mass is 10.0. The van der Waals surface area contributed by atoms with Crippen LogP contribution < -0.4 is 5.32 Å². The van der Waals surface area contributed by atoms with Crippen LogP contribution in [0.1, 0.15) is 20.3 Å². The van der Waals surface area contributed by atoms with Gasteiger partial charge in [-0.1, -0.05) is 32.0 Å². The summed E-state index contributed by atoms with van der Waals surface area (Å²) in [6.45, 7) is 4.43. The van der Waals surface area contributed by atoms with Crippen molar-refractivity contribution in [2.45, 2.75) is 26.3 Å². The summed E-state index contributed by atoms with van der Waals surface area (Å²) in [5.74, 6) is 1.38. The quantitative estimate of drug-likeness (QED) is 0.849. The van der Waals surface area contributed by atoms with Gasteiger partial charge < -0.3 is 10.4 Å². The predicted octanol–water partition coefficient (Wildman–Crippen LogP) is 3.05. The zero-order valence-corrected chi connectivity index (χ0v) is 10.9. The Bertz CT molecular complexity index is 511. The highest BCUT2D eigenvalue weighted by Gasteiger charge is 2.10. The van der Waals surface area contributed by atoms with Gasteiger partial charge in [-0.3, -0.25) is 0 Å². The van der Waals surface area contributed by atoms with Gasteiger partial charge in [-0.25, -0.2) is 4.98 Å². The van der Waals surface area contributed by atoms with E-state index in [1.54, 1.807) is 0 Å². The maximum absolute atomic E-state index is 9.36. The molecule has 0 amide bonds. The minimum Gasteiger partial charge on any atom is -0.394 e. The van der Waals surface area contributed by atoms with E-state index in [1.807, 2.05) is 30.3 Å². The minimum atomic E-state index is 0.0682. The minimum absolute atomic E-state index is 0.0682. The van der Waals surface area contributed by atoms with Crippen molar-refractivity contribution in [1.82, 2.24) is 4.98 Å². The fourth-order valence-corrected chi connectivity index (χ4v) is 2.10. The lowest BCUT2D eigenvalue weighted by molar-refractivity contribution is 0.259. The number of hydrogen-bond acceptors (Lipinski definition) is 3. The summed E-state index contributed by atoms with van der Waals surface area (Å²) in [7, 11) is 0. The van der Waals surface area contributed by atoms with E-state index in [-0.39, 0.29) is 12.6 Å². The third kappa shape index (κ3) is 3.20. The number of hydrogen-bond donors (Lipinski definition) is 2. The van der Waals surface area contributed by atoms with E-state index in [4.69, 9.17) is 0 Å². The van der Waals surface area contributed by atoms with Crippen molar-refractivity contribution in [2.24, 2.45) is 5.92 Å². The first kappa shape index (κ1) is 12.8. The second-order valence-electron chi connectivity index (χ2n) is 5.04. The van der Waals surface area contributed by atoms with Gasteiger partial charge in [-0.15, -0.1) is 0 Å². The zero-order valence-electron chi connectivity index (χ0n) is 10.9. The third-order valence-electron chi connectivity index (χ3n) is 2.93. The molecule has 0 aliphatic rings. The molecule has 0 bridgehead atoms. The number of para-hydroxylation sites is 1. The lowest BCUT2D eigenvalue weighted by Crippen LogP contribution is -2.26. The summed E-state index contributed by atoms with van der Waals surface area (Å²) >= 11 is 0. The Morgan fingerprint density at radius 3 is 2.67 bits per heavy atom. The van der Waals surface area contributed by atoms with Crippen molar-refractivity contribution in [2.75, 3.05) is 11.9 Å². The molecule has 0 radical (unpaired) electrons. The van der Waals surface area contributed by atoms with Crippen molar-refractivity contribution in [3.8, 4) is 0 Å². The number of pyridine rings is 1. The Labute approximate surface area is 108 Å². The average Bonchev–Trinajstić information content (AvgIpc) is 2.37. The van der Waals surface area contributed by atoms with Gasteiger partial charge >= 0.3 is 0 Å². The molecule has 3 heteroatoms. The van der Waals surface area contributed by atoms with Gasteiger partial charge in [0.05, 0.1) is 18.2 Å². The standard InChI is InChI=1S/C15H20N2O/c1-11(2)9-13(10-18)16-15-8-7-12-5-3-4-6-14(12)17-15/h3-8,11,13,18H,9-10H2,1-2H3,(H,16,17). The van der Waals surface area contributed by atoms with Crippen LogP contribution in [0.4, 0.5) is 5.82 Å². The molecular formula is C15H20N2O. The van der Waals surface area contributed by atoms with Crippen molar-refractivity contribution < 1.29 is 5.11 Å². The lowest BCUT2D eigenvalue weighted by Gasteiger charge is -2.19. The molecule has 18 heavy (non-hydrogen) atoms.